The van der Waals surface area contributed by atoms with E-state index in [4.69, 9.17) is 4.74 Å². The zero-order chi connectivity index (χ0) is 12.1. The van der Waals surface area contributed by atoms with Gasteiger partial charge in [-0.15, -0.1) is 0 Å². The van der Waals surface area contributed by atoms with E-state index >= 15 is 0 Å². The molecule has 1 unspecified atom stereocenters. The normalized spacial score (nSPS) is 15.0. The Balaban J connectivity index is 3.98. The van der Waals surface area contributed by atoms with Crippen molar-refractivity contribution in [1.82, 2.24) is 0 Å². The van der Waals surface area contributed by atoms with Crippen LogP contribution in [0.3, 0.4) is 0 Å². The quantitative estimate of drug-likeness (QED) is 0.477. The summed E-state index contributed by atoms with van der Waals surface area (Å²) in [5.74, 6) is 0.701. The lowest BCUT2D eigenvalue weighted by atomic mass is 9.82. The SMILES string of the molecule is BC(C)CCC(C)(C)OCC(C)(C)C=O. The molecule has 0 saturated carbocycles. The van der Waals surface area contributed by atoms with Gasteiger partial charge in [-0.1, -0.05) is 33.0 Å². The van der Waals surface area contributed by atoms with E-state index < -0.39 is 0 Å². The first-order valence-electron chi connectivity index (χ1n) is 5.79. The molecule has 0 aromatic rings. The first kappa shape index (κ1) is 14.7. The third kappa shape index (κ3) is 7.60. The van der Waals surface area contributed by atoms with Gasteiger partial charge in [-0.3, -0.25) is 0 Å². The van der Waals surface area contributed by atoms with Crippen molar-refractivity contribution in [3.05, 3.63) is 0 Å². The van der Waals surface area contributed by atoms with Crippen LogP contribution in [-0.4, -0.2) is 26.3 Å². The molecule has 1 atom stereocenters. The van der Waals surface area contributed by atoms with E-state index in [0.717, 1.165) is 19.1 Å². The third-order valence-electron chi connectivity index (χ3n) is 2.48. The van der Waals surface area contributed by atoms with Crippen LogP contribution in [0.15, 0.2) is 0 Å². The fourth-order valence-electron chi connectivity index (χ4n) is 1.12. The minimum absolute atomic E-state index is 0.120. The van der Waals surface area contributed by atoms with Gasteiger partial charge in [-0.25, -0.2) is 0 Å². The first-order chi connectivity index (χ1) is 6.68. The molecule has 3 heteroatoms. The maximum Gasteiger partial charge on any atom is 0.127 e. The van der Waals surface area contributed by atoms with Crippen molar-refractivity contribution in [3.8, 4) is 0 Å². The highest BCUT2D eigenvalue weighted by molar-refractivity contribution is 6.11. The summed E-state index contributed by atoms with van der Waals surface area (Å²) in [6.45, 7) is 10.7. The van der Waals surface area contributed by atoms with Gasteiger partial charge >= 0.3 is 0 Å². The number of aldehydes is 1. The van der Waals surface area contributed by atoms with Gasteiger partial charge < -0.3 is 9.53 Å². The summed E-state index contributed by atoms with van der Waals surface area (Å²) < 4.78 is 5.80. The largest absolute Gasteiger partial charge is 0.375 e. The van der Waals surface area contributed by atoms with Crippen molar-refractivity contribution in [2.24, 2.45) is 5.41 Å². The van der Waals surface area contributed by atoms with E-state index in [9.17, 15) is 4.79 Å². The molecule has 0 saturated heterocycles. The Kier molecular flexibility index (Phi) is 5.57. The van der Waals surface area contributed by atoms with Crippen LogP contribution in [0.25, 0.3) is 0 Å². The third-order valence-corrected chi connectivity index (χ3v) is 2.48. The second-order valence-electron chi connectivity index (χ2n) is 6.09. The van der Waals surface area contributed by atoms with Crippen LogP contribution in [0.5, 0.6) is 0 Å². The Morgan fingerprint density at radius 3 is 2.27 bits per heavy atom. The van der Waals surface area contributed by atoms with Crippen LogP contribution in [0.4, 0.5) is 0 Å². The molecule has 2 nitrogen and oxygen atoms in total. The fourth-order valence-corrected chi connectivity index (χ4v) is 1.12. The Morgan fingerprint density at radius 2 is 1.87 bits per heavy atom. The van der Waals surface area contributed by atoms with Crippen LogP contribution >= 0.6 is 0 Å². The van der Waals surface area contributed by atoms with Gasteiger partial charge in [0.2, 0.25) is 0 Å². The van der Waals surface area contributed by atoms with Gasteiger partial charge in [-0.05, 0) is 20.3 Å². The molecule has 0 heterocycles. The van der Waals surface area contributed by atoms with E-state index in [0.29, 0.717) is 12.4 Å². The lowest BCUT2D eigenvalue weighted by molar-refractivity contribution is -0.122. The van der Waals surface area contributed by atoms with Crippen molar-refractivity contribution in [2.45, 2.75) is 58.9 Å². The van der Waals surface area contributed by atoms with Crippen molar-refractivity contribution in [2.75, 3.05) is 6.61 Å². The molecular formula is C12H25BO2. The summed E-state index contributed by atoms with van der Waals surface area (Å²) in [5.41, 5.74) is -0.486. The summed E-state index contributed by atoms with van der Waals surface area (Å²) in [6.07, 6.45) is 3.17. The predicted molar refractivity (Wildman–Crippen MR) is 67.1 cm³/mol. The van der Waals surface area contributed by atoms with Crippen LogP contribution < -0.4 is 0 Å². The molecule has 0 aliphatic heterocycles. The summed E-state index contributed by atoms with van der Waals surface area (Å²) in [6, 6.07) is 0. The number of hydrogen-bond donors (Lipinski definition) is 0. The van der Waals surface area contributed by atoms with Gasteiger partial charge in [0.25, 0.3) is 0 Å². The summed E-state index contributed by atoms with van der Waals surface area (Å²) in [4.78, 5) is 10.7. The van der Waals surface area contributed by atoms with Crippen molar-refractivity contribution >= 4 is 14.1 Å². The molecule has 0 radical (unpaired) electrons. The van der Waals surface area contributed by atoms with Gasteiger partial charge in [0, 0.05) is 5.41 Å². The van der Waals surface area contributed by atoms with Gasteiger partial charge in [0.05, 0.1) is 12.2 Å². The average Bonchev–Trinajstić information content (AvgIpc) is 2.13. The highest BCUT2D eigenvalue weighted by Crippen LogP contribution is 2.24. The summed E-state index contributed by atoms with van der Waals surface area (Å²) >= 11 is 0. The number of carbonyl (C=O) groups excluding carboxylic acids is 1. The highest BCUT2D eigenvalue weighted by Gasteiger charge is 2.24. The minimum Gasteiger partial charge on any atom is -0.375 e. The molecule has 0 aromatic heterocycles. The average molecular weight is 212 g/mol. The van der Waals surface area contributed by atoms with E-state index in [1.807, 2.05) is 13.8 Å². The smallest absolute Gasteiger partial charge is 0.127 e. The Hall–Kier alpha value is -0.305. The molecule has 0 bridgehead atoms. The van der Waals surface area contributed by atoms with Crippen molar-refractivity contribution < 1.29 is 9.53 Å². The lowest BCUT2D eigenvalue weighted by Gasteiger charge is -2.29. The van der Waals surface area contributed by atoms with E-state index in [2.05, 4.69) is 28.6 Å². The standard InChI is InChI=1S/C12H25BO2/c1-10(13)6-7-12(4,5)15-9-11(2,3)8-14/h8,10H,6-7,9,13H2,1-5H3. The van der Waals surface area contributed by atoms with Crippen LogP contribution in [-0.2, 0) is 9.53 Å². The lowest BCUT2D eigenvalue weighted by Crippen LogP contribution is -2.31. The van der Waals surface area contributed by atoms with E-state index in [-0.39, 0.29) is 11.0 Å². The van der Waals surface area contributed by atoms with Crippen LogP contribution in [0.1, 0.15) is 47.5 Å². The second kappa shape index (κ2) is 5.69. The molecule has 0 N–H and O–H groups in total. The summed E-state index contributed by atoms with van der Waals surface area (Å²) in [7, 11) is 2.21. The highest BCUT2D eigenvalue weighted by atomic mass is 16.5. The zero-order valence-electron chi connectivity index (χ0n) is 11.1. The number of hydrogen-bond acceptors (Lipinski definition) is 2. The van der Waals surface area contributed by atoms with Crippen LogP contribution in [0.2, 0.25) is 5.82 Å². The van der Waals surface area contributed by atoms with Crippen LogP contribution in [0, 0.1) is 5.41 Å². The molecule has 0 aromatic carbocycles. The Bertz CT molecular complexity index is 198. The van der Waals surface area contributed by atoms with E-state index in [1.54, 1.807) is 0 Å². The second-order valence-corrected chi connectivity index (χ2v) is 6.09. The molecule has 88 valence electrons. The fraction of sp³-hybridized carbons (Fsp3) is 0.917. The Morgan fingerprint density at radius 1 is 1.33 bits per heavy atom. The zero-order valence-corrected chi connectivity index (χ0v) is 11.1. The van der Waals surface area contributed by atoms with Gasteiger partial charge in [0.15, 0.2) is 0 Å². The van der Waals surface area contributed by atoms with Crippen molar-refractivity contribution in [1.29, 1.82) is 0 Å². The molecule has 15 heavy (non-hydrogen) atoms. The minimum atomic E-state index is -0.366. The maximum atomic E-state index is 10.7. The van der Waals surface area contributed by atoms with Gasteiger partial charge in [0.1, 0.15) is 14.1 Å². The number of rotatable bonds is 7. The van der Waals surface area contributed by atoms with Crippen molar-refractivity contribution in [3.63, 3.8) is 0 Å². The summed E-state index contributed by atoms with van der Waals surface area (Å²) in [5, 5.41) is 0. The molecule has 0 aliphatic rings. The molecule has 0 spiro atoms. The topological polar surface area (TPSA) is 26.3 Å². The molecular weight excluding hydrogens is 187 g/mol. The Labute approximate surface area is 95.2 Å². The monoisotopic (exact) mass is 212 g/mol. The van der Waals surface area contributed by atoms with E-state index in [1.165, 1.54) is 0 Å². The number of ether oxygens (including phenoxy) is 1. The number of carbonyl (C=O) groups is 1. The predicted octanol–water partition coefficient (Wildman–Crippen LogP) is 2.23. The first-order valence-corrected chi connectivity index (χ1v) is 5.79. The molecule has 0 aliphatic carbocycles. The molecule has 0 rings (SSSR count). The maximum absolute atomic E-state index is 10.7. The molecule has 0 fully saturated rings. The van der Waals surface area contributed by atoms with Gasteiger partial charge in [-0.2, -0.15) is 0 Å². The molecule has 0 amide bonds.